The third-order valence-electron chi connectivity index (χ3n) is 5.13. The Balaban J connectivity index is 1.94. The van der Waals surface area contributed by atoms with E-state index < -0.39 is 5.54 Å². The fraction of sp³-hybridized carbons (Fsp3) is 0.130. The van der Waals surface area contributed by atoms with Crippen molar-refractivity contribution in [2.24, 2.45) is 10.7 Å². The summed E-state index contributed by atoms with van der Waals surface area (Å²) in [6.45, 7) is 0. The topological polar surface area (TPSA) is 67.9 Å². The van der Waals surface area contributed by atoms with E-state index in [0.29, 0.717) is 0 Å². The van der Waals surface area contributed by atoms with Crippen LogP contribution in [0.3, 0.4) is 0 Å². The van der Waals surface area contributed by atoms with Crippen LogP contribution in [0.2, 0.25) is 0 Å². The molecule has 1 atom stereocenters. The number of nitrogens with zero attached hydrogens (tertiary/aromatic N) is 2. The smallest absolute Gasteiger partial charge is 0.266 e. The molecule has 2 N–H and O–H groups in total. The van der Waals surface area contributed by atoms with E-state index >= 15 is 0 Å². The van der Waals surface area contributed by atoms with Gasteiger partial charge in [0.25, 0.3) is 5.91 Å². The second kappa shape index (κ2) is 6.85. The Morgan fingerprint density at radius 1 is 0.929 bits per heavy atom. The molecular weight excluding hydrogens is 350 g/mol. The van der Waals surface area contributed by atoms with Gasteiger partial charge in [-0.3, -0.25) is 9.69 Å². The zero-order chi connectivity index (χ0) is 19.7. The molecule has 0 fully saturated rings. The van der Waals surface area contributed by atoms with E-state index in [-0.39, 0.29) is 11.9 Å². The highest BCUT2D eigenvalue weighted by atomic mass is 16.5. The number of benzene rings is 3. The maximum Gasteiger partial charge on any atom is 0.266 e. The van der Waals surface area contributed by atoms with Gasteiger partial charge in [-0.15, -0.1) is 0 Å². The number of amides is 1. The third kappa shape index (κ3) is 2.63. The maximum atomic E-state index is 13.3. The zero-order valence-corrected chi connectivity index (χ0v) is 15.8. The second-order valence-corrected chi connectivity index (χ2v) is 6.69. The lowest BCUT2D eigenvalue weighted by atomic mass is 9.81. The van der Waals surface area contributed by atoms with Gasteiger partial charge < -0.3 is 10.5 Å². The number of likely N-dealkylation sites (N-methyl/N-ethyl adjacent to an activating group) is 1. The van der Waals surface area contributed by atoms with Gasteiger partial charge in [0.1, 0.15) is 5.75 Å². The van der Waals surface area contributed by atoms with E-state index in [4.69, 9.17) is 10.5 Å². The molecule has 3 aromatic carbocycles. The van der Waals surface area contributed by atoms with Crippen LogP contribution in [0.15, 0.2) is 83.9 Å². The summed E-state index contributed by atoms with van der Waals surface area (Å²) in [6, 6.07) is 25.2. The molecule has 5 heteroatoms. The van der Waals surface area contributed by atoms with Gasteiger partial charge >= 0.3 is 0 Å². The Morgan fingerprint density at radius 2 is 1.61 bits per heavy atom. The van der Waals surface area contributed by atoms with Crippen molar-refractivity contribution < 1.29 is 9.53 Å². The van der Waals surface area contributed by atoms with Crippen molar-refractivity contribution in [3.63, 3.8) is 0 Å². The van der Waals surface area contributed by atoms with Crippen LogP contribution in [-0.4, -0.2) is 30.9 Å². The first-order chi connectivity index (χ1) is 13.6. The monoisotopic (exact) mass is 371 g/mol. The van der Waals surface area contributed by atoms with Gasteiger partial charge in [-0.25, -0.2) is 4.99 Å². The predicted molar refractivity (Wildman–Crippen MR) is 110 cm³/mol. The van der Waals surface area contributed by atoms with E-state index in [1.54, 1.807) is 14.2 Å². The minimum atomic E-state index is -1.20. The molecule has 0 aromatic heterocycles. The summed E-state index contributed by atoms with van der Waals surface area (Å²) in [4.78, 5) is 19.4. The van der Waals surface area contributed by atoms with Crippen LogP contribution in [0.5, 0.6) is 5.75 Å². The summed E-state index contributed by atoms with van der Waals surface area (Å²) in [7, 11) is 3.30. The third-order valence-corrected chi connectivity index (χ3v) is 5.13. The molecule has 1 amide bonds. The van der Waals surface area contributed by atoms with Crippen LogP contribution in [-0.2, 0) is 10.3 Å². The summed E-state index contributed by atoms with van der Waals surface area (Å²) in [5.74, 6) is 0.802. The molecule has 3 aromatic rings. The number of para-hydroxylation sites is 1. The molecule has 1 heterocycles. The molecular formula is C23H21N3O2. The van der Waals surface area contributed by atoms with Gasteiger partial charge in [0.2, 0.25) is 0 Å². The van der Waals surface area contributed by atoms with Gasteiger partial charge in [0.05, 0.1) is 7.11 Å². The molecule has 1 unspecified atom stereocenters. The molecule has 4 rings (SSSR count). The van der Waals surface area contributed by atoms with Crippen molar-refractivity contribution in [3.8, 4) is 16.9 Å². The SMILES string of the molecule is COc1ccccc1-c1cccc(C2(c3ccccc3)N=C(N)N(C)C2=O)c1. The standard InChI is InChI=1S/C23H21N3O2/c1-26-21(27)23(25-22(26)24,17-10-4-3-5-11-17)18-12-8-9-16(15-18)19-13-6-7-14-20(19)28-2/h3-15H,1-2H3,(H2,24,25). The summed E-state index contributed by atoms with van der Waals surface area (Å²) >= 11 is 0. The molecule has 0 aliphatic carbocycles. The first kappa shape index (κ1) is 17.8. The van der Waals surface area contributed by atoms with Crippen LogP contribution in [0, 0.1) is 0 Å². The summed E-state index contributed by atoms with van der Waals surface area (Å²) in [6.07, 6.45) is 0. The lowest BCUT2D eigenvalue weighted by Gasteiger charge is -2.26. The Hall–Kier alpha value is -3.60. The van der Waals surface area contributed by atoms with Gasteiger partial charge in [-0.2, -0.15) is 0 Å². The van der Waals surface area contributed by atoms with Gasteiger partial charge in [0.15, 0.2) is 11.5 Å². The minimum absolute atomic E-state index is 0.173. The number of guanidine groups is 1. The molecule has 1 aliphatic rings. The molecule has 140 valence electrons. The number of rotatable bonds is 4. The quantitative estimate of drug-likeness (QED) is 0.764. The summed E-state index contributed by atoms with van der Waals surface area (Å²) in [5, 5.41) is 0. The number of hydrogen-bond donors (Lipinski definition) is 1. The normalized spacial score (nSPS) is 18.9. The minimum Gasteiger partial charge on any atom is -0.496 e. The Morgan fingerprint density at radius 3 is 2.29 bits per heavy atom. The van der Waals surface area contributed by atoms with Crippen molar-refractivity contribution >= 4 is 11.9 Å². The number of aliphatic imine (C=N–C) groups is 1. The van der Waals surface area contributed by atoms with Gasteiger partial charge in [-0.05, 0) is 28.8 Å². The fourth-order valence-electron chi connectivity index (χ4n) is 3.66. The molecule has 1 aliphatic heterocycles. The maximum absolute atomic E-state index is 13.3. The zero-order valence-electron chi connectivity index (χ0n) is 15.8. The second-order valence-electron chi connectivity index (χ2n) is 6.69. The lowest BCUT2D eigenvalue weighted by molar-refractivity contribution is -0.129. The predicted octanol–water partition coefficient (Wildman–Crippen LogP) is 3.39. The molecule has 0 radical (unpaired) electrons. The van der Waals surface area contributed by atoms with Crippen LogP contribution in [0.25, 0.3) is 11.1 Å². The number of carbonyl (C=O) groups is 1. The van der Waals surface area contributed by atoms with Crippen molar-refractivity contribution in [1.29, 1.82) is 0 Å². The highest BCUT2D eigenvalue weighted by Crippen LogP contribution is 2.41. The number of nitrogens with two attached hydrogens (primary N) is 1. The van der Waals surface area contributed by atoms with Crippen molar-refractivity contribution in [2.75, 3.05) is 14.2 Å². The van der Waals surface area contributed by atoms with E-state index in [2.05, 4.69) is 4.99 Å². The molecule has 0 saturated heterocycles. The lowest BCUT2D eigenvalue weighted by Crippen LogP contribution is -2.41. The number of carbonyl (C=O) groups excluding carboxylic acids is 1. The number of hydrogen-bond acceptors (Lipinski definition) is 4. The molecule has 5 nitrogen and oxygen atoms in total. The van der Waals surface area contributed by atoms with Crippen LogP contribution in [0.1, 0.15) is 11.1 Å². The fourth-order valence-corrected chi connectivity index (χ4v) is 3.66. The molecule has 0 saturated carbocycles. The first-order valence-electron chi connectivity index (χ1n) is 9.01. The van der Waals surface area contributed by atoms with Crippen LogP contribution >= 0.6 is 0 Å². The summed E-state index contributed by atoms with van der Waals surface area (Å²) < 4.78 is 5.51. The van der Waals surface area contributed by atoms with Crippen LogP contribution in [0.4, 0.5) is 0 Å². The van der Waals surface area contributed by atoms with E-state index in [1.165, 1.54) is 4.90 Å². The Bertz CT molecular complexity index is 1060. The summed E-state index contributed by atoms with van der Waals surface area (Å²) in [5.41, 5.74) is 8.29. The highest BCUT2D eigenvalue weighted by Gasteiger charge is 2.49. The first-order valence-corrected chi connectivity index (χ1v) is 9.01. The largest absolute Gasteiger partial charge is 0.496 e. The van der Waals surface area contributed by atoms with Gasteiger partial charge in [0, 0.05) is 12.6 Å². The van der Waals surface area contributed by atoms with E-state index in [9.17, 15) is 4.79 Å². The number of methoxy groups -OCH3 is 1. The average molecular weight is 371 g/mol. The Kier molecular flexibility index (Phi) is 4.35. The van der Waals surface area contributed by atoms with Crippen molar-refractivity contribution in [3.05, 3.63) is 90.0 Å². The molecule has 28 heavy (non-hydrogen) atoms. The van der Waals surface area contributed by atoms with Crippen LogP contribution < -0.4 is 10.5 Å². The van der Waals surface area contributed by atoms with Crippen molar-refractivity contribution in [2.45, 2.75) is 5.54 Å². The van der Waals surface area contributed by atoms with E-state index in [1.807, 2.05) is 78.9 Å². The molecule has 0 bridgehead atoms. The average Bonchev–Trinajstić information content (AvgIpc) is 2.99. The highest BCUT2D eigenvalue weighted by molar-refractivity contribution is 6.09. The molecule has 0 spiro atoms. The van der Waals surface area contributed by atoms with Gasteiger partial charge in [-0.1, -0.05) is 66.7 Å². The van der Waals surface area contributed by atoms with Crippen molar-refractivity contribution in [1.82, 2.24) is 4.90 Å². The number of ether oxygens (including phenoxy) is 1. The van der Waals surface area contributed by atoms with E-state index in [0.717, 1.165) is 28.0 Å². The Labute approximate surface area is 164 Å².